The molecule has 0 unspecified atom stereocenters. The molecule has 2 N–H and O–H groups in total. The average molecular weight is 452 g/mol. The smallest absolute Gasteiger partial charge is 0.328 e. The Labute approximate surface area is 183 Å². The molecule has 32 heavy (non-hydrogen) atoms. The number of sulfonamides is 1. The second-order valence-corrected chi connectivity index (χ2v) is 8.76. The number of rotatable bonds is 5. The van der Waals surface area contributed by atoms with Crippen molar-refractivity contribution < 1.29 is 18.0 Å². The maximum atomic E-state index is 13.1. The summed E-state index contributed by atoms with van der Waals surface area (Å²) in [5, 5.41) is 3.24. The molecule has 0 fully saturated rings. The number of amides is 2. The number of urea groups is 1. The van der Waals surface area contributed by atoms with Crippen LogP contribution in [0.15, 0.2) is 70.5 Å². The number of fused-ring (bicyclic) bond motifs is 2. The van der Waals surface area contributed by atoms with Gasteiger partial charge in [-0.05, 0) is 24.1 Å². The fourth-order valence-electron chi connectivity index (χ4n) is 3.37. The summed E-state index contributed by atoms with van der Waals surface area (Å²) in [5.41, 5.74) is 1.57. The number of carbonyl (C=O) groups excluding carboxylic acids is 1. The predicted octanol–water partition coefficient (Wildman–Crippen LogP) is 2.10. The molecule has 4 aromatic rings. The maximum Gasteiger partial charge on any atom is 0.328 e. The van der Waals surface area contributed by atoms with Crippen LogP contribution in [0.3, 0.4) is 0 Å². The molecule has 2 aromatic heterocycles. The molecule has 164 valence electrons. The van der Waals surface area contributed by atoms with E-state index in [2.05, 4.69) is 10.3 Å². The molecule has 0 spiro atoms. The molecule has 0 aliphatic rings. The van der Waals surface area contributed by atoms with Gasteiger partial charge in [-0.25, -0.2) is 22.9 Å². The maximum absolute atomic E-state index is 13.1. The Morgan fingerprint density at radius 1 is 1.09 bits per heavy atom. The molecule has 0 atom stereocenters. The molecule has 0 bridgehead atoms. The molecule has 2 aromatic carbocycles. The predicted molar refractivity (Wildman–Crippen MR) is 120 cm³/mol. The Hall–Kier alpha value is -3.92. The van der Waals surface area contributed by atoms with E-state index in [1.54, 1.807) is 24.3 Å². The van der Waals surface area contributed by atoms with Crippen molar-refractivity contribution in [3.05, 3.63) is 82.3 Å². The zero-order valence-corrected chi connectivity index (χ0v) is 18.1. The third-order valence-corrected chi connectivity index (χ3v) is 6.29. The molecule has 0 aliphatic heterocycles. The monoisotopic (exact) mass is 452 g/mol. The van der Waals surface area contributed by atoms with Crippen molar-refractivity contribution in [1.29, 1.82) is 0 Å². The van der Waals surface area contributed by atoms with E-state index in [4.69, 9.17) is 4.84 Å². The van der Waals surface area contributed by atoms with Gasteiger partial charge in [0.05, 0.1) is 22.6 Å². The largest absolute Gasteiger partial charge is 0.414 e. The van der Waals surface area contributed by atoms with Crippen LogP contribution < -0.4 is 20.4 Å². The summed E-state index contributed by atoms with van der Waals surface area (Å²) in [5.74, 6) is 0. The molecular weight excluding hydrogens is 432 g/mol. The van der Waals surface area contributed by atoms with Gasteiger partial charge < -0.3 is 10.2 Å². The van der Waals surface area contributed by atoms with Gasteiger partial charge >= 0.3 is 6.03 Å². The number of aromatic nitrogens is 2. The topological polar surface area (TPSA) is 119 Å². The highest BCUT2D eigenvalue weighted by atomic mass is 32.2. The number of pyridine rings is 2. The lowest BCUT2D eigenvalue weighted by Crippen LogP contribution is -2.39. The minimum atomic E-state index is -4.39. The Kier molecular flexibility index (Phi) is 5.54. The Morgan fingerprint density at radius 2 is 1.84 bits per heavy atom. The highest BCUT2D eigenvalue weighted by molar-refractivity contribution is 7.90. The third kappa shape index (κ3) is 4.00. The summed E-state index contributed by atoms with van der Waals surface area (Å²) >= 11 is 0. The van der Waals surface area contributed by atoms with Gasteiger partial charge in [0.25, 0.3) is 15.6 Å². The summed E-state index contributed by atoms with van der Waals surface area (Å²) in [6.45, 7) is 1.98. The lowest BCUT2D eigenvalue weighted by atomic mass is 10.1. The van der Waals surface area contributed by atoms with Gasteiger partial charge in [0.15, 0.2) is 0 Å². The lowest BCUT2D eigenvalue weighted by molar-refractivity contribution is 0.156. The number of aryl methyl sites for hydroxylation is 1. The van der Waals surface area contributed by atoms with E-state index in [9.17, 15) is 18.0 Å². The van der Waals surface area contributed by atoms with Gasteiger partial charge in [-0.1, -0.05) is 48.5 Å². The first-order valence-electron chi connectivity index (χ1n) is 9.65. The van der Waals surface area contributed by atoms with E-state index in [1.165, 1.54) is 7.11 Å². The molecule has 9 nitrogen and oxygen atoms in total. The van der Waals surface area contributed by atoms with E-state index in [0.29, 0.717) is 10.9 Å². The fourth-order valence-corrected chi connectivity index (χ4v) is 4.44. The third-order valence-electron chi connectivity index (χ3n) is 4.96. The van der Waals surface area contributed by atoms with Crippen molar-refractivity contribution in [3.63, 3.8) is 0 Å². The van der Waals surface area contributed by atoms with Crippen molar-refractivity contribution in [3.8, 4) is 0 Å². The number of para-hydroxylation sites is 1. The second kappa shape index (κ2) is 8.31. The highest BCUT2D eigenvalue weighted by Crippen LogP contribution is 2.24. The number of carbonyl (C=O) groups is 1. The van der Waals surface area contributed by atoms with Crippen LogP contribution in [0.4, 0.5) is 4.79 Å². The van der Waals surface area contributed by atoms with Crippen molar-refractivity contribution in [2.75, 3.05) is 7.11 Å². The van der Waals surface area contributed by atoms with E-state index in [0.717, 1.165) is 22.1 Å². The van der Waals surface area contributed by atoms with Crippen LogP contribution in [-0.2, 0) is 16.6 Å². The first kappa shape index (κ1) is 21.3. The Bertz CT molecular complexity index is 1500. The molecule has 0 saturated heterocycles. The summed E-state index contributed by atoms with van der Waals surface area (Å²) < 4.78 is 28.9. The molecule has 2 heterocycles. The van der Waals surface area contributed by atoms with Crippen molar-refractivity contribution in [1.82, 2.24) is 19.8 Å². The SMILES string of the molecule is COn1cc(S(=O)(=O)NC(=O)NCc2ccccc2)c2nc3c(C)cccc3cc2c1=O. The van der Waals surface area contributed by atoms with Gasteiger partial charge in [0.2, 0.25) is 0 Å². The van der Waals surface area contributed by atoms with Crippen LogP contribution in [0, 0.1) is 6.92 Å². The summed E-state index contributed by atoms with van der Waals surface area (Å²) in [6.07, 6.45) is 1.01. The molecule has 2 amide bonds. The van der Waals surface area contributed by atoms with Crippen molar-refractivity contribution in [2.45, 2.75) is 18.4 Å². The van der Waals surface area contributed by atoms with E-state index >= 15 is 0 Å². The molecule has 0 saturated carbocycles. The minimum Gasteiger partial charge on any atom is -0.414 e. The zero-order valence-electron chi connectivity index (χ0n) is 17.3. The molecular formula is C22H20N4O5S. The number of hydrogen-bond donors (Lipinski definition) is 2. The van der Waals surface area contributed by atoms with Gasteiger partial charge in [0.1, 0.15) is 12.0 Å². The highest BCUT2D eigenvalue weighted by Gasteiger charge is 2.25. The number of nitrogens with zero attached hydrogens (tertiary/aromatic N) is 2. The van der Waals surface area contributed by atoms with E-state index in [1.807, 2.05) is 42.0 Å². The fraction of sp³-hybridized carbons (Fsp3) is 0.136. The molecule has 10 heteroatoms. The zero-order chi connectivity index (χ0) is 22.9. The van der Waals surface area contributed by atoms with Gasteiger partial charge in [-0.2, -0.15) is 4.73 Å². The van der Waals surface area contributed by atoms with Gasteiger partial charge in [-0.15, -0.1) is 0 Å². The molecule has 0 radical (unpaired) electrons. The van der Waals surface area contributed by atoms with Crippen LogP contribution in [0.1, 0.15) is 11.1 Å². The first-order chi connectivity index (χ1) is 15.3. The van der Waals surface area contributed by atoms with Crippen LogP contribution in [0.2, 0.25) is 0 Å². The summed E-state index contributed by atoms with van der Waals surface area (Å²) in [4.78, 5) is 34.2. The van der Waals surface area contributed by atoms with Crippen molar-refractivity contribution >= 4 is 37.9 Å². The van der Waals surface area contributed by atoms with E-state index in [-0.39, 0.29) is 22.3 Å². The minimum absolute atomic E-state index is 0.0477. The van der Waals surface area contributed by atoms with E-state index < -0.39 is 21.6 Å². The van der Waals surface area contributed by atoms with Crippen LogP contribution >= 0.6 is 0 Å². The summed E-state index contributed by atoms with van der Waals surface area (Å²) in [6, 6.07) is 15.1. The number of benzene rings is 2. The lowest BCUT2D eigenvalue weighted by Gasteiger charge is -2.13. The normalized spacial score (nSPS) is 11.4. The van der Waals surface area contributed by atoms with Crippen LogP contribution in [0.25, 0.3) is 21.8 Å². The quantitative estimate of drug-likeness (QED) is 0.448. The Morgan fingerprint density at radius 3 is 2.56 bits per heavy atom. The second-order valence-electron chi connectivity index (χ2n) is 7.11. The number of hydrogen-bond acceptors (Lipinski definition) is 6. The first-order valence-corrected chi connectivity index (χ1v) is 11.1. The molecule has 4 rings (SSSR count). The molecule has 0 aliphatic carbocycles. The van der Waals surface area contributed by atoms with Gasteiger partial charge in [0, 0.05) is 11.9 Å². The Balaban J connectivity index is 1.77. The van der Waals surface area contributed by atoms with Crippen LogP contribution in [0.5, 0.6) is 0 Å². The van der Waals surface area contributed by atoms with Gasteiger partial charge in [-0.3, -0.25) is 4.79 Å². The van der Waals surface area contributed by atoms with Crippen LogP contribution in [-0.4, -0.2) is 31.3 Å². The average Bonchev–Trinajstić information content (AvgIpc) is 2.78. The number of nitrogens with one attached hydrogen (secondary N) is 2. The van der Waals surface area contributed by atoms with Crippen molar-refractivity contribution in [2.24, 2.45) is 0 Å². The standard InChI is InChI=1S/C22H20N4O5S/c1-14-7-6-10-16-11-17-20(24-19(14)16)18(13-26(31-2)21(17)27)32(29,30)25-22(28)23-12-15-8-4-3-5-9-15/h3-11,13H,12H2,1-2H3,(H2,23,25,28). The summed E-state index contributed by atoms with van der Waals surface area (Å²) in [7, 11) is -3.15.